The molecule has 0 N–H and O–H groups in total. The molecule has 0 amide bonds. The van der Waals surface area contributed by atoms with Crippen molar-refractivity contribution in [1.29, 1.82) is 0 Å². The van der Waals surface area contributed by atoms with Gasteiger partial charge in [-0.3, -0.25) is 0 Å². The van der Waals surface area contributed by atoms with Gasteiger partial charge in [-0.2, -0.15) is 0 Å². The number of hydrogen-bond acceptors (Lipinski definition) is 0. The second-order valence-corrected chi connectivity index (χ2v) is 14.3. The van der Waals surface area contributed by atoms with E-state index in [9.17, 15) is 0 Å². The minimum atomic E-state index is -0.381. The highest BCUT2D eigenvalue weighted by molar-refractivity contribution is 6.61. The lowest BCUT2D eigenvalue weighted by Gasteiger charge is -2.24. The fraction of sp³-hybridized carbons (Fsp3) is 0.706. The summed E-state index contributed by atoms with van der Waals surface area (Å²) >= 11 is 0. The molecule has 0 aromatic heterocycles. The van der Waals surface area contributed by atoms with Crippen LogP contribution in [0, 0.1) is 11.3 Å². The Balaban J connectivity index is 1.58. The average Bonchev–Trinajstić information content (AvgIpc) is 3.15. The summed E-state index contributed by atoms with van der Waals surface area (Å²) < 4.78 is 0. The third kappa shape index (κ3) is 12.1. The summed E-state index contributed by atoms with van der Waals surface area (Å²) in [6.07, 6.45) is 27.1. The molecular weight excluding hydrogens is 436 g/mol. The molecule has 0 saturated heterocycles. The lowest BCUT2D eigenvalue weighted by atomic mass is 9.86. The minimum absolute atomic E-state index is 0.266. The van der Waals surface area contributed by atoms with E-state index in [0.29, 0.717) is 0 Å². The number of unbranched alkanes of at least 4 members (excludes halogenated alkanes) is 15. The van der Waals surface area contributed by atoms with Crippen LogP contribution in [-0.2, 0) is 0 Å². The molecule has 2 rings (SSSR count). The van der Waals surface area contributed by atoms with E-state index in [2.05, 4.69) is 71.0 Å². The topological polar surface area (TPSA) is 0 Å². The van der Waals surface area contributed by atoms with Crippen molar-refractivity contribution in [1.82, 2.24) is 0 Å². The van der Waals surface area contributed by atoms with E-state index in [1.807, 2.05) is 5.20 Å². The molecule has 1 atom stereocenters. The first-order valence-corrected chi connectivity index (χ1v) is 16.8. The first-order chi connectivity index (χ1) is 16.9. The molecule has 1 aliphatic carbocycles. The van der Waals surface area contributed by atoms with Gasteiger partial charge in [0.15, 0.2) is 0 Å². The predicted octanol–water partition coefficient (Wildman–Crippen LogP) is 10.0. The molecule has 0 radical (unpaired) electrons. The Bertz CT molecular complexity index is 734. The van der Waals surface area contributed by atoms with Gasteiger partial charge in [-0.25, -0.2) is 0 Å². The van der Waals surface area contributed by atoms with Crippen LogP contribution in [0.4, 0.5) is 0 Å². The third-order valence-corrected chi connectivity index (χ3v) is 10.2. The molecule has 0 aliphatic heterocycles. The third-order valence-electron chi connectivity index (χ3n) is 8.08. The average molecular weight is 495 g/mol. The number of rotatable bonds is 19. The van der Waals surface area contributed by atoms with Gasteiger partial charge in [0.1, 0.15) is 0 Å². The van der Waals surface area contributed by atoms with Crippen molar-refractivity contribution in [3.8, 4) is 0 Å². The van der Waals surface area contributed by atoms with Crippen LogP contribution < -0.4 is 5.19 Å². The molecule has 0 heterocycles. The van der Waals surface area contributed by atoms with Crippen LogP contribution >= 0.6 is 0 Å². The summed E-state index contributed by atoms with van der Waals surface area (Å²) in [5.41, 5.74) is 3.56. The van der Waals surface area contributed by atoms with Crippen LogP contribution in [0.25, 0.3) is 0 Å². The number of hydrogen-bond donors (Lipinski definition) is 0. The highest BCUT2D eigenvalue weighted by atomic mass is 28.2. The van der Waals surface area contributed by atoms with E-state index in [1.165, 1.54) is 109 Å². The second-order valence-electron chi connectivity index (χ2n) is 12.4. The summed E-state index contributed by atoms with van der Waals surface area (Å²) in [4.78, 5) is 0. The number of allylic oxidation sites excluding steroid dienone is 4. The van der Waals surface area contributed by atoms with Gasteiger partial charge in [0.25, 0.3) is 0 Å². The van der Waals surface area contributed by atoms with Crippen LogP contribution in [0.15, 0.2) is 52.8 Å². The van der Waals surface area contributed by atoms with Crippen molar-refractivity contribution in [2.45, 2.75) is 144 Å². The minimum Gasteiger partial charge on any atom is -0.0720 e. The zero-order valence-corrected chi connectivity index (χ0v) is 25.7. The molecule has 0 nitrogen and oxygen atoms in total. The highest BCUT2D eigenvalue weighted by Gasteiger charge is 2.30. The molecule has 0 saturated carbocycles. The molecule has 0 bridgehead atoms. The van der Waals surface area contributed by atoms with E-state index in [1.54, 1.807) is 16.3 Å². The summed E-state index contributed by atoms with van der Waals surface area (Å²) in [5, 5.41) is 3.44. The zero-order valence-electron chi connectivity index (χ0n) is 24.3. The van der Waals surface area contributed by atoms with E-state index >= 15 is 0 Å². The molecule has 1 aromatic carbocycles. The fourth-order valence-corrected chi connectivity index (χ4v) is 8.46. The Morgan fingerprint density at radius 3 is 1.57 bits per heavy atom. The van der Waals surface area contributed by atoms with Crippen molar-refractivity contribution in [2.24, 2.45) is 11.3 Å². The van der Waals surface area contributed by atoms with Crippen molar-refractivity contribution in [3.05, 3.63) is 52.8 Å². The monoisotopic (exact) mass is 494 g/mol. The molecule has 198 valence electrons. The Morgan fingerprint density at radius 1 is 0.657 bits per heavy atom. The Hall–Kier alpha value is -1.08. The van der Waals surface area contributed by atoms with Crippen LogP contribution in [0.2, 0.25) is 0 Å². The standard InChI is InChI=1S/C34H58Si/c1-6-7-8-9-10-11-12-13-14-15-16-17-18-19-20-24-27-31-29(2)28-32(34(3,4)5)33(31)35-30-25-22-21-23-26-30/h21-23,25-26,28,31H,6-20,24,27,35H2,1-5H3. The van der Waals surface area contributed by atoms with Crippen molar-refractivity contribution >= 4 is 14.7 Å². The van der Waals surface area contributed by atoms with Gasteiger partial charge in [0, 0.05) is 0 Å². The summed E-state index contributed by atoms with van der Waals surface area (Å²) in [6.45, 7) is 11.9. The SMILES string of the molecule is CCCCCCCCCCCCCCCCCCC1C(C)=CC(C(C)(C)C)=C1[SiH2]c1ccccc1. The normalized spacial score (nSPS) is 16.6. The van der Waals surface area contributed by atoms with E-state index < -0.39 is 0 Å². The van der Waals surface area contributed by atoms with E-state index in [-0.39, 0.29) is 14.9 Å². The zero-order chi connectivity index (χ0) is 25.4. The van der Waals surface area contributed by atoms with Crippen molar-refractivity contribution in [2.75, 3.05) is 0 Å². The van der Waals surface area contributed by atoms with Gasteiger partial charge >= 0.3 is 0 Å². The molecule has 35 heavy (non-hydrogen) atoms. The quantitative estimate of drug-likeness (QED) is 0.132. The number of benzene rings is 1. The Morgan fingerprint density at radius 2 is 1.11 bits per heavy atom. The van der Waals surface area contributed by atoms with Crippen LogP contribution in [0.5, 0.6) is 0 Å². The first-order valence-electron chi connectivity index (χ1n) is 15.4. The summed E-state index contributed by atoms with van der Waals surface area (Å²) in [7, 11) is -0.381. The van der Waals surface area contributed by atoms with Crippen LogP contribution in [0.1, 0.15) is 144 Å². The maximum atomic E-state index is 2.56. The van der Waals surface area contributed by atoms with Crippen molar-refractivity contribution < 1.29 is 0 Å². The maximum absolute atomic E-state index is 2.56. The van der Waals surface area contributed by atoms with Gasteiger partial charge < -0.3 is 0 Å². The lowest BCUT2D eigenvalue weighted by Crippen LogP contribution is -2.23. The van der Waals surface area contributed by atoms with E-state index in [4.69, 9.17) is 0 Å². The van der Waals surface area contributed by atoms with Gasteiger partial charge in [0.2, 0.25) is 0 Å². The Labute approximate surface area is 222 Å². The van der Waals surface area contributed by atoms with Gasteiger partial charge in [-0.05, 0) is 30.3 Å². The highest BCUT2D eigenvalue weighted by Crippen LogP contribution is 2.42. The predicted molar refractivity (Wildman–Crippen MR) is 163 cm³/mol. The molecule has 1 heteroatoms. The molecule has 1 aromatic rings. The smallest absolute Gasteiger partial charge is 0.0720 e. The van der Waals surface area contributed by atoms with Gasteiger partial charge in [-0.1, -0.05) is 183 Å². The van der Waals surface area contributed by atoms with Crippen LogP contribution in [-0.4, -0.2) is 9.52 Å². The molecular formula is C34H58Si. The molecule has 0 fully saturated rings. The van der Waals surface area contributed by atoms with Gasteiger partial charge in [0.05, 0.1) is 9.52 Å². The summed E-state index contributed by atoms with van der Waals surface area (Å²) in [6, 6.07) is 11.3. The van der Waals surface area contributed by atoms with Gasteiger partial charge in [-0.15, -0.1) is 0 Å². The Kier molecular flexibility index (Phi) is 15.0. The molecule has 0 spiro atoms. The lowest BCUT2D eigenvalue weighted by molar-refractivity contribution is 0.507. The second kappa shape index (κ2) is 17.4. The van der Waals surface area contributed by atoms with E-state index in [0.717, 1.165) is 5.92 Å². The van der Waals surface area contributed by atoms with Crippen LogP contribution in [0.3, 0.4) is 0 Å². The largest absolute Gasteiger partial charge is 0.0835 e. The molecule has 1 unspecified atom stereocenters. The summed E-state index contributed by atoms with van der Waals surface area (Å²) in [5.74, 6) is 0.725. The molecule has 1 aliphatic rings. The fourth-order valence-electron chi connectivity index (χ4n) is 5.91. The maximum Gasteiger partial charge on any atom is 0.0835 e. The first kappa shape index (κ1) is 30.1. The van der Waals surface area contributed by atoms with Crippen molar-refractivity contribution in [3.63, 3.8) is 0 Å².